The normalized spacial score (nSPS) is 11.0. The van der Waals surface area contributed by atoms with Crippen LogP contribution in [0.25, 0.3) is 22.3 Å². The van der Waals surface area contributed by atoms with Gasteiger partial charge in [0.1, 0.15) is 11.4 Å². The van der Waals surface area contributed by atoms with E-state index in [1.807, 2.05) is 24.3 Å². The number of fused-ring (bicyclic) bond motifs is 1. The highest BCUT2D eigenvalue weighted by Gasteiger charge is 2.13. The third-order valence-corrected chi connectivity index (χ3v) is 2.83. The van der Waals surface area contributed by atoms with Crippen molar-refractivity contribution in [2.75, 3.05) is 7.11 Å². The summed E-state index contributed by atoms with van der Waals surface area (Å²) < 4.78 is 9.89. The number of aromatic nitrogens is 3. The van der Waals surface area contributed by atoms with Crippen molar-refractivity contribution in [3.63, 3.8) is 0 Å². The maximum atomic E-state index is 5.58. The second-order valence-electron chi connectivity index (χ2n) is 3.90. The number of nitrogens with two attached hydrogens (primary N) is 1. The number of aromatic amines is 1. The third-order valence-electron chi connectivity index (χ3n) is 2.83. The number of methoxy groups -OCH3 is 1. The van der Waals surface area contributed by atoms with E-state index in [0.717, 1.165) is 22.3 Å². The fourth-order valence-electron chi connectivity index (χ4n) is 1.91. The van der Waals surface area contributed by atoms with Gasteiger partial charge in [0.15, 0.2) is 5.69 Å². The summed E-state index contributed by atoms with van der Waals surface area (Å²) in [5, 5.41) is 8.66. The molecule has 0 fully saturated rings. The van der Waals surface area contributed by atoms with Crippen LogP contribution >= 0.6 is 0 Å². The first-order valence-electron chi connectivity index (χ1n) is 5.50. The van der Waals surface area contributed by atoms with Gasteiger partial charge in [-0.25, -0.2) is 4.63 Å². The van der Waals surface area contributed by atoms with Gasteiger partial charge < -0.3 is 15.5 Å². The standard InChI is InChI=1S/C12H12N4O2/c1-17-8-2-3-9-7(4-8)5-10(14-9)12-11(6-13)15-18-16-12/h2-5,14H,6,13H2,1H3. The molecular weight excluding hydrogens is 232 g/mol. The Morgan fingerprint density at radius 1 is 1.33 bits per heavy atom. The van der Waals surface area contributed by atoms with Gasteiger partial charge in [0.05, 0.1) is 12.8 Å². The van der Waals surface area contributed by atoms with E-state index in [4.69, 9.17) is 15.1 Å². The first-order valence-corrected chi connectivity index (χ1v) is 5.50. The molecular formula is C12H12N4O2. The first kappa shape index (κ1) is 10.8. The van der Waals surface area contributed by atoms with Crippen LogP contribution in [-0.2, 0) is 6.54 Å². The molecule has 3 rings (SSSR count). The topological polar surface area (TPSA) is 90.0 Å². The minimum absolute atomic E-state index is 0.289. The predicted molar refractivity (Wildman–Crippen MR) is 66.0 cm³/mol. The monoisotopic (exact) mass is 244 g/mol. The van der Waals surface area contributed by atoms with Crippen LogP contribution in [0.5, 0.6) is 5.75 Å². The molecule has 0 amide bonds. The lowest BCUT2D eigenvalue weighted by molar-refractivity contribution is 0.304. The summed E-state index contributed by atoms with van der Waals surface area (Å²) in [7, 11) is 1.64. The van der Waals surface area contributed by atoms with Gasteiger partial charge in [0.25, 0.3) is 0 Å². The van der Waals surface area contributed by atoms with Crippen LogP contribution in [0.1, 0.15) is 5.69 Å². The summed E-state index contributed by atoms with van der Waals surface area (Å²) in [6.07, 6.45) is 0. The molecule has 0 aliphatic carbocycles. The summed E-state index contributed by atoms with van der Waals surface area (Å²) in [5.41, 5.74) is 8.69. The first-order chi connectivity index (χ1) is 8.81. The Hall–Kier alpha value is -2.34. The van der Waals surface area contributed by atoms with E-state index in [2.05, 4.69) is 15.3 Å². The number of nitrogens with zero attached hydrogens (tertiary/aromatic N) is 2. The molecule has 0 atom stereocenters. The average molecular weight is 244 g/mol. The maximum absolute atomic E-state index is 5.58. The SMILES string of the molecule is COc1ccc2[nH]c(-c3nonc3CN)cc2c1. The van der Waals surface area contributed by atoms with Crippen LogP contribution < -0.4 is 10.5 Å². The Kier molecular flexibility index (Phi) is 2.49. The molecule has 0 saturated heterocycles. The molecule has 6 nitrogen and oxygen atoms in total. The number of rotatable bonds is 3. The second-order valence-corrected chi connectivity index (χ2v) is 3.90. The zero-order valence-electron chi connectivity index (χ0n) is 9.80. The summed E-state index contributed by atoms with van der Waals surface area (Å²) in [4.78, 5) is 3.25. The van der Waals surface area contributed by atoms with Crippen molar-refractivity contribution in [3.05, 3.63) is 30.0 Å². The Morgan fingerprint density at radius 3 is 3.00 bits per heavy atom. The lowest BCUT2D eigenvalue weighted by Crippen LogP contribution is -1.98. The van der Waals surface area contributed by atoms with E-state index >= 15 is 0 Å². The Morgan fingerprint density at radius 2 is 2.22 bits per heavy atom. The molecule has 0 spiro atoms. The molecule has 0 aliphatic rings. The predicted octanol–water partition coefficient (Wildman–Crippen LogP) is 1.69. The largest absolute Gasteiger partial charge is 0.497 e. The molecule has 0 aliphatic heterocycles. The van der Waals surface area contributed by atoms with Crippen LogP contribution in [0.4, 0.5) is 0 Å². The van der Waals surface area contributed by atoms with Crippen molar-refractivity contribution >= 4 is 10.9 Å². The Balaban J connectivity index is 2.13. The summed E-state index contributed by atoms with van der Waals surface area (Å²) in [5.74, 6) is 0.811. The van der Waals surface area contributed by atoms with Crippen LogP contribution in [-0.4, -0.2) is 22.4 Å². The molecule has 92 valence electrons. The van der Waals surface area contributed by atoms with Crippen molar-refractivity contribution in [3.8, 4) is 17.1 Å². The highest BCUT2D eigenvalue weighted by Crippen LogP contribution is 2.27. The number of benzene rings is 1. The van der Waals surface area contributed by atoms with Gasteiger partial charge in [-0.15, -0.1) is 0 Å². The quantitative estimate of drug-likeness (QED) is 0.731. The molecule has 6 heteroatoms. The van der Waals surface area contributed by atoms with Crippen LogP contribution in [0.2, 0.25) is 0 Å². The molecule has 1 aromatic carbocycles. The van der Waals surface area contributed by atoms with E-state index in [-0.39, 0.29) is 6.54 Å². The van der Waals surface area contributed by atoms with Gasteiger partial charge in [-0.1, -0.05) is 5.16 Å². The fourth-order valence-corrected chi connectivity index (χ4v) is 1.91. The molecule has 0 unspecified atom stereocenters. The Labute approximate surface area is 103 Å². The van der Waals surface area contributed by atoms with E-state index in [1.54, 1.807) is 7.11 Å². The molecule has 18 heavy (non-hydrogen) atoms. The van der Waals surface area contributed by atoms with Gasteiger partial charge >= 0.3 is 0 Å². The van der Waals surface area contributed by atoms with Gasteiger partial charge in [-0.3, -0.25) is 0 Å². The summed E-state index contributed by atoms with van der Waals surface area (Å²) in [6.45, 7) is 0.289. The molecule has 0 radical (unpaired) electrons. The lowest BCUT2D eigenvalue weighted by atomic mass is 10.2. The highest BCUT2D eigenvalue weighted by atomic mass is 16.6. The van der Waals surface area contributed by atoms with Gasteiger partial charge in [-0.05, 0) is 29.4 Å². The van der Waals surface area contributed by atoms with Crippen LogP contribution in [0.3, 0.4) is 0 Å². The maximum Gasteiger partial charge on any atom is 0.155 e. The molecule has 0 bridgehead atoms. The minimum Gasteiger partial charge on any atom is -0.497 e. The van der Waals surface area contributed by atoms with Crippen LogP contribution in [0.15, 0.2) is 28.9 Å². The minimum atomic E-state index is 0.289. The zero-order chi connectivity index (χ0) is 12.5. The lowest BCUT2D eigenvalue weighted by Gasteiger charge is -1.97. The molecule has 3 N–H and O–H groups in total. The molecule has 3 aromatic rings. The molecule has 2 aromatic heterocycles. The zero-order valence-corrected chi connectivity index (χ0v) is 9.80. The number of hydrogen-bond acceptors (Lipinski definition) is 5. The van der Waals surface area contributed by atoms with Crippen molar-refractivity contribution in [1.29, 1.82) is 0 Å². The van der Waals surface area contributed by atoms with Gasteiger partial charge in [-0.2, -0.15) is 0 Å². The fraction of sp³-hybridized carbons (Fsp3) is 0.167. The molecule has 0 saturated carbocycles. The van der Waals surface area contributed by atoms with Crippen molar-refractivity contribution in [1.82, 2.24) is 15.3 Å². The second kappa shape index (κ2) is 4.15. The van der Waals surface area contributed by atoms with Gasteiger partial charge in [0, 0.05) is 17.4 Å². The van der Waals surface area contributed by atoms with Crippen LogP contribution in [0, 0.1) is 0 Å². The Bertz CT molecular complexity index is 686. The van der Waals surface area contributed by atoms with Gasteiger partial charge in [0.2, 0.25) is 0 Å². The van der Waals surface area contributed by atoms with E-state index in [9.17, 15) is 0 Å². The number of ether oxygens (including phenoxy) is 1. The average Bonchev–Trinajstić information content (AvgIpc) is 3.03. The molecule has 2 heterocycles. The van der Waals surface area contributed by atoms with Crippen molar-refractivity contribution in [2.24, 2.45) is 5.73 Å². The summed E-state index contributed by atoms with van der Waals surface area (Å²) in [6, 6.07) is 7.77. The van der Waals surface area contributed by atoms with Crippen molar-refractivity contribution in [2.45, 2.75) is 6.54 Å². The third kappa shape index (κ3) is 1.63. The number of H-pyrrole nitrogens is 1. The highest BCUT2D eigenvalue weighted by molar-refractivity contribution is 5.86. The van der Waals surface area contributed by atoms with E-state index in [0.29, 0.717) is 11.4 Å². The van der Waals surface area contributed by atoms with E-state index < -0.39 is 0 Å². The van der Waals surface area contributed by atoms with E-state index in [1.165, 1.54) is 0 Å². The summed E-state index contributed by atoms with van der Waals surface area (Å²) >= 11 is 0. The number of hydrogen-bond donors (Lipinski definition) is 2. The smallest absolute Gasteiger partial charge is 0.155 e. The number of nitrogens with one attached hydrogen (secondary N) is 1. The van der Waals surface area contributed by atoms with Crippen molar-refractivity contribution < 1.29 is 9.37 Å².